The first-order valence-corrected chi connectivity index (χ1v) is 8.65. The number of rotatable bonds is 5. The fourth-order valence-electron chi connectivity index (χ4n) is 3.06. The maximum absolute atomic E-state index is 13.0. The van der Waals surface area contributed by atoms with Crippen molar-refractivity contribution in [3.8, 4) is 0 Å². The molecule has 3 aromatic rings. The van der Waals surface area contributed by atoms with E-state index in [9.17, 15) is 4.79 Å². The van der Waals surface area contributed by atoms with Crippen LogP contribution in [0.1, 0.15) is 35.8 Å². The Bertz CT molecular complexity index is 882. The van der Waals surface area contributed by atoms with Gasteiger partial charge in [0.05, 0.1) is 10.7 Å². The average Bonchev–Trinajstić information content (AvgIpc) is 2.87. The van der Waals surface area contributed by atoms with Gasteiger partial charge in [-0.15, -0.1) is 0 Å². The van der Waals surface area contributed by atoms with Gasteiger partial charge in [-0.1, -0.05) is 55.3 Å². The molecule has 1 N–H and O–H groups in total. The number of carbonyl (C=O) groups is 1. The molecule has 3 nitrogen and oxygen atoms in total. The lowest BCUT2D eigenvalue weighted by molar-refractivity contribution is 0.101. The van der Waals surface area contributed by atoms with Crippen molar-refractivity contribution >= 4 is 34.1 Å². The van der Waals surface area contributed by atoms with Gasteiger partial charge in [0.2, 0.25) is 0 Å². The van der Waals surface area contributed by atoms with E-state index in [1.165, 1.54) is 0 Å². The zero-order valence-electron chi connectivity index (χ0n) is 14.0. The molecule has 0 unspecified atom stereocenters. The van der Waals surface area contributed by atoms with E-state index < -0.39 is 0 Å². The summed E-state index contributed by atoms with van der Waals surface area (Å²) >= 11 is 6.18. The van der Waals surface area contributed by atoms with Crippen LogP contribution in [-0.2, 0) is 6.54 Å². The molecule has 0 bridgehead atoms. The summed E-state index contributed by atoms with van der Waals surface area (Å²) in [5.74, 6) is -0.118. The Hall–Kier alpha value is -2.26. The van der Waals surface area contributed by atoms with Crippen LogP contribution in [-0.4, -0.2) is 10.5 Å². The summed E-state index contributed by atoms with van der Waals surface area (Å²) in [6.45, 7) is 4.99. The minimum atomic E-state index is -0.118. The molecule has 1 heterocycles. The first-order valence-electron chi connectivity index (χ1n) is 8.27. The highest BCUT2D eigenvalue weighted by Gasteiger charge is 2.20. The van der Waals surface area contributed by atoms with Crippen molar-refractivity contribution in [1.29, 1.82) is 0 Å². The number of aromatic nitrogens is 1. The normalized spacial score (nSPS) is 11.0. The maximum Gasteiger partial charge on any atom is 0.272 e. The third-order valence-corrected chi connectivity index (χ3v) is 4.63. The van der Waals surface area contributed by atoms with Gasteiger partial charge < -0.3 is 9.88 Å². The van der Waals surface area contributed by atoms with E-state index in [2.05, 4.69) is 28.9 Å². The van der Waals surface area contributed by atoms with Gasteiger partial charge in [-0.05, 0) is 37.1 Å². The van der Waals surface area contributed by atoms with Crippen molar-refractivity contribution in [1.82, 2.24) is 4.57 Å². The number of fused-ring (bicyclic) bond motifs is 1. The van der Waals surface area contributed by atoms with E-state index in [1.807, 2.05) is 37.3 Å². The monoisotopic (exact) mass is 340 g/mol. The second kappa shape index (κ2) is 7.10. The zero-order valence-corrected chi connectivity index (χ0v) is 14.7. The number of nitrogens with one attached hydrogen (secondary N) is 1. The molecule has 0 aliphatic rings. The van der Waals surface area contributed by atoms with Crippen LogP contribution in [0.5, 0.6) is 0 Å². The molecule has 4 heteroatoms. The number of unbranched alkanes of at least 4 members (excludes halogenated alkanes) is 1. The molecule has 3 rings (SSSR count). The molecule has 0 radical (unpaired) electrons. The van der Waals surface area contributed by atoms with Gasteiger partial charge in [-0.3, -0.25) is 4.79 Å². The van der Waals surface area contributed by atoms with E-state index in [4.69, 9.17) is 11.6 Å². The molecular weight excluding hydrogens is 320 g/mol. The number of para-hydroxylation sites is 2. The number of amides is 1. The van der Waals surface area contributed by atoms with Crippen molar-refractivity contribution in [2.24, 2.45) is 0 Å². The number of hydrogen-bond donors (Lipinski definition) is 1. The summed E-state index contributed by atoms with van der Waals surface area (Å²) in [6, 6.07) is 15.5. The van der Waals surface area contributed by atoms with Crippen LogP contribution in [0.25, 0.3) is 10.9 Å². The van der Waals surface area contributed by atoms with E-state index >= 15 is 0 Å². The third kappa shape index (κ3) is 3.04. The highest BCUT2D eigenvalue weighted by atomic mass is 35.5. The fourth-order valence-corrected chi connectivity index (χ4v) is 3.24. The summed E-state index contributed by atoms with van der Waals surface area (Å²) in [4.78, 5) is 13.0. The number of aryl methyl sites for hydroxylation is 2. The molecule has 0 aliphatic carbocycles. The molecule has 0 fully saturated rings. The molecule has 2 aromatic carbocycles. The van der Waals surface area contributed by atoms with Crippen molar-refractivity contribution in [3.63, 3.8) is 0 Å². The molecular formula is C20H21ClN2O. The standard InChI is InChI=1S/C20H21ClN2O/c1-3-4-13-23-18-12-8-5-9-15(18)14(2)19(23)20(24)22-17-11-7-6-10-16(17)21/h5-12H,3-4,13H2,1-2H3,(H,22,24). The van der Waals surface area contributed by atoms with Crippen molar-refractivity contribution in [2.75, 3.05) is 5.32 Å². The second-order valence-corrected chi connectivity index (χ2v) is 6.34. The Morgan fingerprint density at radius 2 is 1.83 bits per heavy atom. The van der Waals surface area contributed by atoms with Gasteiger partial charge in [-0.25, -0.2) is 0 Å². The second-order valence-electron chi connectivity index (χ2n) is 5.93. The fraction of sp³-hybridized carbons (Fsp3) is 0.250. The molecule has 1 amide bonds. The number of anilines is 1. The van der Waals surface area contributed by atoms with Crippen LogP contribution < -0.4 is 5.32 Å². The predicted octanol–water partition coefficient (Wildman–Crippen LogP) is 5.66. The Kier molecular flexibility index (Phi) is 4.91. The molecule has 24 heavy (non-hydrogen) atoms. The summed E-state index contributed by atoms with van der Waals surface area (Å²) < 4.78 is 2.13. The molecule has 0 saturated carbocycles. The lowest BCUT2D eigenvalue weighted by Gasteiger charge is -2.12. The van der Waals surface area contributed by atoms with E-state index in [1.54, 1.807) is 6.07 Å². The van der Waals surface area contributed by atoms with Crippen LogP contribution in [0.15, 0.2) is 48.5 Å². The van der Waals surface area contributed by atoms with Crippen LogP contribution in [0, 0.1) is 6.92 Å². The molecule has 1 aromatic heterocycles. The van der Waals surface area contributed by atoms with Gasteiger partial charge in [-0.2, -0.15) is 0 Å². The summed E-state index contributed by atoms with van der Waals surface area (Å²) in [7, 11) is 0. The van der Waals surface area contributed by atoms with Crippen LogP contribution in [0.4, 0.5) is 5.69 Å². The summed E-state index contributed by atoms with van der Waals surface area (Å²) in [5.41, 5.74) is 3.46. The first-order chi connectivity index (χ1) is 11.6. The largest absolute Gasteiger partial charge is 0.336 e. The van der Waals surface area contributed by atoms with E-state index in [0.717, 1.165) is 35.9 Å². The maximum atomic E-state index is 13.0. The van der Waals surface area contributed by atoms with Gasteiger partial charge in [0.25, 0.3) is 5.91 Å². The first kappa shape index (κ1) is 16.6. The Morgan fingerprint density at radius 1 is 1.12 bits per heavy atom. The molecule has 0 aliphatic heterocycles. The lowest BCUT2D eigenvalue weighted by atomic mass is 10.1. The summed E-state index contributed by atoms with van der Waals surface area (Å²) in [5, 5.41) is 4.62. The molecule has 0 atom stereocenters. The van der Waals surface area contributed by atoms with Crippen LogP contribution in [0.2, 0.25) is 5.02 Å². The SMILES string of the molecule is CCCCn1c(C(=O)Nc2ccccc2Cl)c(C)c2ccccc21. The van der Waals surface area contributed by atoms with Gasteiger partial charge in [0.1, 0.15) is 5.69 Å². The smallest absolute Gasteiger partial charge is 0.272 e. The van der Waals surface area contributed by atoms with Crippen LogP contribution in [0.3, 0.4) is 0 Å². The highest BCUT2D eigenvalue weighted by molar-refractivity contribution is 6.34. The number of benzene rings is 2. The molecule has 0 spiro atoms. The zero-order chi connectivity index (χ0) is 17.1. The number of halogens is 1. The Labute approximate surface area is 147 Å². The Balaban J connectivity index is 2.05. The molecule has 124 valence electrons. The van der Waals surface area contributed by atoms with Gasteiger partial charge in [0.15, 0.2) is 0 Å². The molecule has 0 saturated heterocycles. The van der Waals surface area contributed by atoms with Crippen molar-refractivity contribution in [2.45, 2.75) is 33.2 Å². The quantitative estimate of drug-likeness (QED) is 0.639. The van der Waals surface area contributed by atoms with E-state index in [0.29, 0.717) is 16.4 Å². The number of hydrogen-bond acceptors (Lipinski definition) is 1. The minimum Gasteiger partial charge on any atom is -0.336 e. The number of nitrogens with zero attached hydrogens (tertiary/aromatic N) is 1. The average molecular weight is 341 g/mol. The predicted molar refractivity (Wildman–Crippen MR) is 101 cm³/mol. The van der Waals surface area contributed by atoms with Crippen LogP contribution >= 0.6 is 11.6 Å². The van der Waals surface area contributed by atoms with Gasteiger partial charge >= 0.3 is 0 Å². The summed E-state index contributed by atoms with van der Waals surface area (Å²) in [6.07, 6.45) is 2.11. The topological polar surface area (TPSA) is 34.0 Å². The van der Waals surface area contributed by atoms with Crippen molar-refractivity contribution < 1.29 is 4.79 Å². The Morgan fingerprint density at radius 3 is 2.58 bits per heavy atom. The minimum absolute atomic E-state index is 0.118. The van der Waals surface area contributed by atoms with Gasteiger partial charge in [0, 0.05) is 17.4 Å². The van der Waals surface area contributed by atoms with Crippen molar-refractivity contribution in [3.05, 3.63) is 64.8 Å². The van der Waals surface area contributed by atoms with E-state index in [-0.39, 0.29) is 5.91 Å². The lowest BCUT2D eigenvalue weighted by Crippen LogP contribution is -2.18. The highest BCUT2D eigenvalue weighted by Crippen LogP contribution is 2.28. The third-order valence-electron chi connectivity index (χ3n) is 4.30. The number of carbonyl (C=O) groups excluding carboxylic acids is 1.